The fraction of sp³-hybridized carbons (Fsp3) is 0.750. The van der Waals surface area contributed by atoms with Crippen LogP contribution in [0.1, 0.15) is 53.9 Å². The molecule has 0 radical (unpaired) electrons. The van der Waals surface area contributed by atoms with E-state index in [1.54, 1.807) is 4.90 Å². The molecule has 0 bridgehead atoms. The summed E-state index contributed by atoms with van der Waals surface area (Å²) in [5, 5.41) is 2.96. The predicted octanol–water partition coefficient (Wildman–Crippen LogP) is 1.94. The van der Waals surface area contributed by atoms with Gasteiger partial charge < -0.3 is 10.2 Å². The Morgan fingerprint density at radius 1 is 1.30 bits per heavy atom. The van der Waals surface area contributed by atoms with E-state index < -0.39 is 11.6 Å². The SMILES string of the molecule is C#CCC(C)N1C(=O)C(CC)(CC)NC(=O)C1C(C)C. The second kappa shape index (κ2) is 6.30. The fourth-order valence-electron chi connectivity index (χ4n) is 2.96. The molecule has 1 heterocycles. The van der Waals surface area contributed by atoms with Crippen molar-refractivity contribution in [2.75, 3.05) is 0 Å². The van der Waals surface area contributed by atoms with E-state index in [4.69, 9.17) is 6.42 Å². The largest absolute Gasteiger partial charge is 0.340 e. The zero-order valence-corrected chi connectivity index (χ0v) is 13.2. The Morgan fingerprint density at radius 2 is 1.85 bits per heavy atom. The maximum atomic E-state index is 12.9. The minimum absolute atomic E-state index is 0.00329. The molecule has 0 saturated carbocycles. The third kappa shape index (κ3) is 2.67. The van der Waals surface area contributed by atoms with Gasteiger partial charge in [0.15, 0.2) is 0 Å². The lowest BCUT2D eigenvalue weighted by Gasteiger charge is -2.49. The van der Waals surface area contributed by atoms with Gasteiger partial charge in [0.2, 0.25) is 11.8 Å². The lowest BCUT2D eigenvalue weighted by atomic mass is 9.84. The molecule has 2 atom stereocenters. The molecule has 4 heteroatoms. The molecule has 1 aliphatic heterocycles. The van der Waals surface area contributed by atoms with E-state index in [0.29, 0.717) is 19.3 Å². The van der Waals surface area contributed by atoms with E-state index in [0.717, 1.165) is 0 Å². The Balaban J connectivity index is 3.24. The quantitative estimate of drug-likeness (QED) is 0.781. The van der Waals surface area contributed by atoms with Crippen LogP contribution in [-0.2, 0) is 9.59 Å². The van der Waals surface area contributed by atoms with E-state index >= 15 is 0 Å². The summed E-state index contributed by atoms with van der Waals surface area (Å²) in [6.07, 6.45) is 7.04. The number of nitrogens with one attached hydrogen (secondary N) is 1. The molecule has 112 valence electrons. The van der Waals surface area contributed by atoms with Gasteiger partial charge in [0.1, 0.15) is 11.6 Å². The fourth-order valence-corrected chi connectivity index (χ4v) is 2.96. The lowest BCUT2D eigenvalue weighted by Crippen LogP contribution is -2.72. The van der Waals surface area contributed by atoms with Gasteiger partial charge in [0, 0.05) is 12.5 Å². The van der Waals surface area contributed by atoms with E-state index in [-0.39, 0.29) is 23.8 Å². The molecule has 0 aromatic carbocycles. The van der Waals surface area contributed by atoms with Crippen LogP contribution in [0, 0.1) is 18.3 Å². The molecule has 0 spiro atoms. The van der Waals surface area contributed by atoms with Crippen LogP contribution in [0.15, 0.2) is 0 Å². The lowest BCUT2D eigenvalue weighted by molar-refractivity contribution is -0.160. The average Bonchev–Trinajstić information content (AvgIpc) is 2.40. The van der Waals surface area contributed by atoms with Crippen molar-refractivity contribution in [3.63, 3.8) is 0 Å². The first-order valence-electron chi connectivity index (χ1n) is 7.42. The van der Waals surface area contributed by atoms with Gasteiger partial charge in [-0.15, -0.1) is 12.3 Å². The molecule has 0 aliphatic carbocycles. The first-order valence-corrected chi connectivity index (χ1v) is 7.42. The summed E-state index contributed by atoms with van der Waals surface area (Å²) in [4.78, 5) is 27.1. The molecule has 1 fully saturated rings. The highest BCUT2D eigenvalue weighted by Gasteiger charge is 2.50. The summed E-state index contributed by atoms with van der Waals surface area (Å²) in [7, 11) is 0. The summed E-state index contributed by atoms with van der Waals surface area (Å²) in [5.74, 6) is 2.60. The van der Waals surface area contributed by atoms with Crippen molar-refractivity contribution in [2.24, 2.45) is 5.92 Å². The normalized spacial score (nSPS) is 23.4. The summed E-state index contributed by atoms with van der Waals surface area (Å²) in [6, 6.07) is -0.555. The number of nitrogens with zero attached hydrogens (tertiary/aromatic N) is 1. The molecule has 2 amide bonds. The first-order chi connectivity index (χ1) is 9.34. The Kier molecular flexibility index (Phi) is 5.21. The Bertz CT molecular complexity index is 419. The zero-order valence-electron chi connectivity index (χ0n) is 13.2. The second-order valence-electron chi connectivity index (χ2n) is 5.94. The van der Waals surface area contributed by atoms with Gasteiger partial charge in [-0.05, 0) is 25.7 Å². The van der Waals surface area contributed by atoms with Crippen LogP contribution in [-0.4, -0.2) is 34.3 Å². The summed E-state index contributed by atoms with van der Waals surface area (Å²) >= 11 is 0. The van der Waals surface area contributed by atoms with Gasteiger partial charge in [-0.1, -0.05) is 27.7 Å². The van der Waals surface area contributed by atoms with Crippen LogP contribution in [0.5, 0.6) is 0 Å². The second-order valence-corrected chi connectivity index (χ2v) is 5.94. The molecule has 0 aromatic heterocycles. The third-order valence-electron chi connectivity index (χ3n) is 4.30. The van der Waals surface area contributed by atoms with Crippen LogP contribution < -0.4 is 5.32 Å². The van der Waals surface area contributed by atoms with Crippen LogP contribution in [0.3, 0.4) is 0 Å². The molecule has 1 N–H and O–H groups in total. The van der Waals surface area contributed by atoms with E-state index in [1.165, 1.54) is 0 Å². The highest BCUT2D eigenvalue weighted by atomic mass is 16.2. The van der Waals surface area contributed by atoms with Crippen molar-refractivity contribution in [1.82, 2.24) is 10.2 Å². The Hall–Kier alpha value is -1.50. The monoisotopic (exact) mass is 278 g/mol. The van der Waals surface area contributed by atoms with E-state index in [2.05, 4.69) is 11.2 Å². The number of rotatable bonds is 5. The van der Waals surface area contributed by atoms with Gasteiger partial charge in [-0.25, -0.2) is 0 Å². The molecule has 0 aromatic rings. The Labute approximate surface area is 122 Å². The molecule has 1 rings (SSSR count). The van der Waals surface area contributed by atoms with Gasteiger partial charge in [0.25, 0.3) is 0 Å². The molecule has 4 nitrogen and oxygen atoms in total. The van der Waals surface area contributed by atoms with Crippen molar-refractivity contribution in [2.45, 2.75) is 71.5 Å². The number of piperazine rings is 1. The van der Waals surface area contributed by atoms with Gasteiger partial charge >= 0.3 is 0 Å². The molecule has 20 heavy (non-hydrogen) atoms. The van der Waals surface area contributed by atoms with Crippen molar-refractivity contribution >= 4 is 11.8 Å². The van der Waals surface area contributed by atoms with Crippen molar-refractivity contribution in [1.29, 1.82) is 0 Å². The zero-order chi connectivity index (χ0) is 15.5. The number of carbonyl (C=O) groups excluding carboxylic acids is 2. The molecule has 1 saturated heterocycles. The van der Waals surface area contributed by atoms with Gasteiger partial charge in [-0.2, -0.15) is 0 Å². The van der Waals surface area contributed by atoms with Crippen LogP contribution >= 0.6 is 0 Å². The maximum absolute atomic E-state index is 12.9. The Morgan fingerprint density at radius 3 is 2.25 bits per heavy atom. The van der Waals surface area contributed by atoms with Crippen LogP contribution in [0.25, 0.3) is 0 Å². The van der Waals surface area contributed by atoms with Gasteiger partial charge in [-0.3, -0.25) is 9.59 Å². The number of carbonyl (C=O) groups is 2. The molecule has 1 aliphatic rings. The maximum Gasteiger partial charge on any atom is 0.249 e. The van der Waals surface area contributed by atoms with E-state index in [9.17, 15) is 9.59 Å². The van der Waals surface area contributed by atoms with Crippen LogP contribution in [0.4, 0.5) is 0 Å². The number of terminal acetylenes is 1. The standard InChI is InChI=1S/C16H26N2O2/c1-7-10-12(6)18-13(11(4)5)14(19)17-16(8-2,9-3)15(18)20/h1,11-13H,8-10H2,2-6H3,(H,17,19). The van der Waals surface area contributed by atoms with Crippen molar-refractivity contribution in [3.05, 3.63) is 0 Å². The summed E-state index contributed by atoms with van der Waals surface area (Å²) < 4.78 is 0. The minimum atomic E-state index is -0.772. The number of hydrogen-bond acceptors (Lipinski definition) is 2. The van der Waals surface area contributed by atoms with Crippen molar-refractivity contribution in [3.8, 4) is 12.3 Å². The van der Waals surface area contributed by atoms with E-state index in [1.807, 2.05) is 34.6 Å². The highest BCUT2D eigenvalue weighted by Crippen LogP contribution is 2.30. The highest BCUT2D eigenvalue weighted by molar-refractivity contribution is 6.00. The summed E-state index contributed by atoms with van der Waals surface area (Å²) in [5.41, 5.74) is -0.772. The smallest absolute Gasteiger partial charge is 0.249 e. The first kappa shape index (κ1) is 16.6. The minimum Gasteiger partial charge on any atom is -0.340 e. The molecular formula is C16H26N2O2. The third-order valence-corrected chi connectivity index (χ3v) is 4.30. The number of hydrogen-bond donors (Lipinski definition) is 1. The molecular weight excluding hydrogens is 252 g/mol. The molecule has 2 unspecified atom stereocenters. The average molecular weight is 278 g/mol. The summed E-state index contributed by atoms with van der Waals surface area (Å²) in [6.45, 7) is 9.70. The van der Waals surface area contributed by atoms with Crippen molar-refractivity contribution < 1.29 is 9.59 Å². The predicted molar refractivity (Wildman–Crippen MR) is 79.8 cm³/mol. The topological polar surface area (TPSA) is 49.4 Å². The van der Waals surface area contributed by atoms with Crippen LogP contribution in [0.2, 0.25) is 0 Å². The number of amides is 2. The van der Waals surface area contributed by atoms with Gasteiger partial charge in [0.05, 0.1) is 0 Å².